The van der Waals surface area contributed by atoms with E-state index in [0.717, 1.165) is 18.7 Å². The minimum Gasteiger partial charge on any atom is -0.467 e. The van der Waals surface area contributed by atoms with Crippen LogP contribution in [0.1, 0.15) is 13.3 Å². The minimum atomic E-state index is -1.02. The highest BCUT2D eigenvalue weighted by Gasteiger charge is 2.11. The normalized spacial score (nSPS) is 12.2. The maximum atomic E-state index is 10.8. The number of carbonyl (C=O) groups is 1. The lowest BCUT2D eigenvalue weighted by molar-refractivity contribution is -0.135. The number of methoxy groups -OCH3 is 1. The number of rotatable bonds is 7. The van der Waals surface area contributed by atoms with Gasteiger partial charge in [-0.05, 0) is 0 Å². The van der Waals surface area contributed by atoms with E-state index in [1.807, 2.05) is 0 Å². The molecule has 0 fully saturated rings. The molecule has 4 heteroatoms. The average molecular weight is 202 g/mol. The molecule has 0 aliphatic carbocycles. The molecule has 0 saturated carbocycles. The second-order valence-electron chi connectivity index (χ2n) is 2.94. The van der Waals surface area contributed by atoms with Crippen LogP contribution in [0, 0.1) is 0 Å². The fourth-order valence-electron chi connectivity index (χ4n) is 1.12. The van der Waals surface area contributed by atoms with Crippen molar-refractivity contribution < 1.29 is 14.3 Å². The van der Waals surface area contributed by atoms with E-state index in [1.54, 1.807) is 7.11 Å². The molecule has 0 aromatic heterocycles. The zero-order chi connectivity index (χ0) is 10.1. The first kappa shape index (κ1) is 12.4. The SMILES string of the molecule is C=CC(=O)OC[SiH](CCC)COC. The maximum absolute atomic E-state index is 10.8. The summed E-state index contributed by atoms with van der Waals surface area (Å²) in [5.74, 6) is -0.329. The molecule has 13 heavy (non-hydrogen) atoms. The Bertz CT molecular complexity index is 153. The van der Waals surface area contributed by atoms with Gasteiger partial charge in [0.05, 0.1) is 6.23 Å². The van der Waals surface area contributed by atoms with Gasteiger partial charge >= 0.3 is 5.97 Å². The number of hydrogen-bond donors (Lipinski definition) is 0. The summed E-state index contributed by atoms with van der Waals surface area (Å²) in [6.07, 6.45) is 3.67. The van der Waals surface area contributed by atoms with Crippen molar-refractivity contribution in [1.82, 2.24) is 0 Å². The second kappa shape index (κ2) is 8.01. The molecule has 0 N–H and O–H groups in total. The van der Waals surface area contributed by atoms with Crippen LogP contribution in [0.3, 0.4) is 0 Å². The summed E-state index contributed by atoms with van der Waals surface area (Å²) in [5.41, 5.74) is 0. The third-order valence-electron chi connectivity index (χ3n) is 1.73. The van der Waals surface area contributed by atoms with Crippen LogP contribution >= 0.6 is 0 Å². The highest BCUT2D eigenvalue weighted by molar-refractivity contribution is 6.58. The molecule has 1 atom stereocenters. The van der Waals surface area contributed by atoms with E-state index in [4.69, 9.17) is 9.47 Å². The van der Waals surface area contributed by atoms with Gasteiger partial charge in [-0.15, -0.1) is 0 Å². The molecule has 0 aliphatic heterocycles. The summed E-state index contributed by atoms with van der Waals surface area (Å²) < 4.78 is 10.1. The number of esters is 1. The molecule has 0 aromatic carbocycles. The zero-order valence-electron chi connectivity index (χ0n) is 8.41. The molecule has 0 aliphatic rings. The number of ether oxygens (including phenoxy) is 2. The van der Waals surface area contributed by atoms with Crippen LogP contribution < -0.4 is 0 Å². The zero-order valence-corrected chi connectivity index (χ0v) is 9.57. The van der Waals surface area contributed by atoms with E-state index in [9.17, 15) is 4.79 Å². The van der Waals surface area contributed by atoms with Crippen molar-refractivity contribution in [2.45, 2.75) is 19.4 Å². The summed E-state index contributed by atoms with van der Waals surface area (Å²) in [7, 11) is 0.669. The quantitative estimate of drug-likeness (QED) is 0.352. The predicted octanol–water partition coefficient (Wildman–Crippen LogP) is 1.08. The Hall–Kier alpha value is -0.613. The lowest BCUT2D eigenvalue weighted by Gasteiger charge is -2.12. The van der Waals surface area contributed by atoms with Crippen molar-refractivity contribution in [2.24, 2.45) is 0 Å². The number of hydrogen-bond acceptors (Lipinski definition) is 3. The number of carbonyl (C=O) groups excluding carboxylic acids is 1. The van der Waals surface area contributed by atoms with E-state index in [0.29, 0.717) is 6.23 Å². The summed E-state index contributed by atoms with van der Waals surface area (Å²) in [5, 5.41) is 0. The minimum absolute atomic E-state index is 0.329. The third kappa shape index (κ3) is 6.54. The van der Waals surface area contributed by atoms with Crippen molar-refractivity contribution >= 4 is 14.8 Å². The maximum Gasteiger partial charge on any atom is 0.329 e. The van der Waals surface area contributed by atoms with E-state index < -0.39 is 8.80 Å². The third-order valence-corrected chi connectivity index (χ3v) is 4.56. The monoisotopic (exact) mass is 202 g/mol. The van der Waals surface area contributed by atoms with Gasteiger partial charge in [-0.25, -0.2) is 4.79 Å². The standard InChI is InChI=1S/C9H18O3Si/c1-4-6-13(7-11-3)8-12-9(10)5-2/h5,13H,2,4,6-8H2,1,3H3. The average Bonchev–Trinajstić information content (AvgIpc) is 2.14. The van der Waals surface area contributed by atoms with Gasteiger partial charge in [-0.1, -0.05) is 26.0 Å². The summed E-state index contributed by atoms with van der Waals surface area (Å²) in [4.78, 5) is 10.8. The first-order valence-corrected chi connectivity index (χ1v) is 6.97. The van der Waals surface area contributed by atoms with Crippen molar-refractivity contribution in [3.8, 4) is 0 Å². The Morgan fingerprint density at radius 2 is 2.23 bits per heavy atom. The van der Waals surface area contributed by atoms with E-state index in [-0.39, 0.29) is 5.97 Å². The molecule has 0 saturated heterocycles. The van der Waals surface area contributed by atoms with Crippen LogP contribution in [0.5, 0.6) is 0 Å². The van der Waals surface area contributed by atoms with E-state index in [2.05, 4.69) is 13.5 Å². The summed E-state index contributed by atoms with van der Waals surface area (Å²) in [6.45, 7) is 5.47. The van der Waals surface area contributed by atoms with Gasteiger partial charge in [-0.2, -0.15) is 0 Å². The van der Waals surface area contributed by atoms with Gasteiger partial charge in [0.2, 0.25) is 0 Å². The molecule has 0 spiro atoms. The van der Waals surface area contributed by atoms with Gasteiger partial charge in [0, 0.05) is 19.4 Å². The Morgan fingerprint density at radius 1 is 1.54 bits per heavy atom. The first-order chi connectivity index (χ1) is 6.24. The molecule has 0 rings (SSSR count). The highest BCUT2D eigenvalue weighted by Crippen LogP contribution is 1.98. The molecule has 0 radical (unpaired) electrons. The summed E-state index contributed by atoms with van der Waals surface area (Å²) >= 11 is 0. The van der Waals surface area contributed by atoms with Crippen LogP contribution in [0.15, 0.2) is 12.7 Å². The van der Waals surface area contributed by atoms with Crippen molar-refractivity contribution in [2.75, 3.05) is 19.6 Å². The molecule has 3 nitrogen and oxygen atoms in total. The second-order valence-corrected chi connectivity index (χ2v) is 5.92. The van der Waals surface area contributed by atoms with Crippen molar-refractivity contribution in [3.05, 3.63) is 12.7 Å². The van der Waals surface area contributed by atoms with Crippen LogP contribution in [0.25, 0.3) is 0 Å². The van der Waals surface area contributed by atoms with Gasteiger partial charge in [0.15, 0.2) is 0 Å². The van der Waals surface area contributed by atoms with E-state index >= 15 is 0 Å². The molecule has 0 amide bonds. The molecule has 1 unspecified atom stereocenters. The fraction of sp³-hybridized carbons (Fsp3) is 0.667. The van der Waals surface area contributed by atoms with Crippen LogP contribution in [0.4, 0.5) is 0 Å². The molecule has 76 valence electrons. The molecule has 0 bridgehead atoms. The highest BCUT2D eigenvalue weighted by atomic mass is 28.3. The molecular weight excluding hydrogens is 184 g/mol. The van der Waals surface area contributed by atoms with E-state index in [1.165, 1.54) is 6.08 Å². The molecule has 0 heterocycles. The van der Waals surface area contributed by atoms with Gasteiger partial charge in [0.1, 0.15) is 8.80 Å². The molecule has 0 aromatic rings. The van der Waals surface area contributed by atoms with Gasteiger partial charge in [-0.3, -0.25) is 0 Å². The van der Waals surface area contributed by atoms with Crippen molar-refractivity contribution in [1.29, 1.82) is 0 Å². The van der Waals surface area contributed by atoms with Crippen LogP contribution in [0.2, 0.25) is 6.04 Å². The first-order valence-electron chi connectivity index (χ1n) is 4.52. The lowest BCUT2D eigenvalue weighted by atomic mass is 10.6. The predicted molar refractivity (Wildman–Crippen MR) is 55.3 cm³/mol. The Labute approximate surface area is 81.3 Å². The topological polar surface area (TPSA) is 35.5 Å². The van der Waals surface area contributed by atoms with Crippen LogP contribution in [-0.4, -0.2) is 34.3 Å². The Morgan fingerprint density at radius 3 is 2.69 bits per heavy atom. The van der Waals surface area contributed by atoms with Crippen molar-refractivity contribution in [3.63, 3.8) is 0 Å². The van der Waals surface area contributed by atoms with Crippen LogP contribution in [-0.2, 0) is 14.3 Å². The molecular formula is C9H18O3Si. The Kier molecular flexibility index (Phi) is 7.63. The summed E-state index contributed by atoms with van der Waals surface area (Å²) in [6, 6.07) is 1.15. The largest absolute Gasteiger partial charge is 0.467 e. The smallest absolute Gasteiger partial charge is 0.329 e. The van der Waals surface area contributed by atoms with Gasteiger partial charge < -0.3 is 9.47 Å². The fourth-order valence-corrected chi connectivity index (χ4v) is 3.24. The van der Waals surface area contributed by atoms with Gasteiger partial charge in [0.25, 0.3) is 0 Å². The Balaban J connectivity index is 3.67. The lowest BCUT2D eigenvalue weighted by Crippen LogP contribution is -2.28.